The minimum Gasteiger partial charge on any atom is -0.364 e. The molecule has 0 saturated carbocycles. The monoisotopic (exact) mass is 282 g/mol. The third kappa shape index (κ3) is 2.66. The van der Waals surface area contributed by atoms with Gasteiger partial charge in [-0.2, -0.15) is 15.3 Å². The molecule has 0 saturated heterocycles. The third-order valence-electron chi connectivity index (χ3n) is 2.57. The fourth-order valence-electron chi connectivity index (χ4n) is 1.69. The van der Waals surface area contributed by atoms with Crippen LogP contribution < -0.4 is 11.1 Å². The summed E-state index contributed by atoms with van der Waals surface area (Å²) in [6.45, 7) is 0. The van der Waals surface area contributed by atoms with Crippen molar-refractivity contribution in [1.82, 2.24) is 30.2 Å². The minimum atomic E-state index is -0.671. The van der Waals surface area contributed by atoms with E-state index in [0.717, 1.165) is 0 Å². The van der Waals surface area contributed by atoms with Crippen LogP contribution >= 0.6 is 0 Å². The number of carbonyl (C=O) groups is 1. The predicted octanol–water partition coefficient (Wildman–Crippen LogP) is 0.295. The van der Waals surface area contributed by atoms with Crippen molar-refractivity contribution in [1.29, 1.82) is 0 Å². The number of hydrogen-bond acceptors (Lipinski definition) is 7. The van der Waals surface area contributed by atoms with Gasteiger partial charge < -0.3 is 11.1 Å². The quantitative estimate of drug-likeness (QED) is 0.704. The van der Waals surface area contributed by atoms with Gasteiger partial charge >= 0.3 is 0 Å². The Balaban J connectivity index is 1.93. The summed E-state index contributed by atoms with van der Waals surface area (Å²) in [6.07, 6.45) is 4.56. The number of nitrogens with one attached hydrogen (secondary N) is 1. The Labute approximate surface area is 118 Å². The SMILES string of the molecule is NC(=O)c1nnccc1Nc1cccc(-n2nccn2)n1. The molecule has 1 amide bonds. The second-order valence-electron chi connectivity index (χ2n) is 3.98. The Morgan fingerprint density at radius 1 is 1.14 bits per heavy atom. The van der Waals surface area contributed by atoms with E-state index in [1.54, 1.807) is 36.7 Å². The molecule has 9 nitrogen and oxygen atoms in total. The molecule has 0 aromatic carbocycles. The number of amides is 1. The van der Waals surface area contributed by atoms with Gasteiger partial charge in [-0.1, -0.05) is 6.07 Å². The highest BCUT2D eigenvalue weighted by Gasteiger charge is 2.11. The molecule has 3 rings (SSSR count). The topological polar surface area (TPSA) is 125 Å². The Morgan fingerprint density at radius 2 is 1.95 bits per heavy atom. The summed E-state index contributed by atoms with van der Waals surface area (Å²) in [7, 11) is 0. The molecule has 0 aliphatic heterocycles. The molecular formula is C12H10N8O. The summed E-state index contributed by atoms with van der Waals surface area (Å²) in [5, 5.41) is 18.3. The van der Waals surface area contributed by atoms with Crippen molar-refractivity contribution in [2.45, 2.75) is 0 Å². The summed E-state index contributed by atoms with van der Waals surface area (Å²) < 4.78 is 0. The van der Waals surface area contributed by atoms with Crippen molar-refractivity contribution in [2.24, 2.45) is 5.73 Å². The van der Waals surface area contributed by atoms with Crippen molar-refractivity contribution in [3.05, 3.63) is 48.5 Å². The molecular weight excluding hydrogens is 272 g/mol. The van der Waals surface area contributed by atoms with Crippen LogP contribution in [-0.2, 0) is 0 Å². The number of pyridine rings is 1. The maximum absolute atomic E-state index is 11.3. The number of nitrogens with zero attached hydrogens (tertiary/aromatic N) is 6. The van der Waals surface area contributed by atoms with Gasteiger partial charge in [0, 0.05) is 0 Å². The average Bonchev–Trinajstić information content (AvgIpc) is 3.02. The number of rotatable bonds is 4. The number of primary amides is 1. The van der Waals surface area contributed by atoms with Gasteiger partial charge in [0.15, 0.2) is 11.5 Å². The Bertz CT molecular complexity index is 770. The number of nitrogens with two attached hydrogens (primary N) is 1. The zero-order valence-corrected chi connectivity index (χ0v) is 10.7. The van der Waals surface area contributed by atoms with Crippen molar-refractivity contribution in [3.63, 3.8) is 0 Å². The highest BCUT2D eigenvalue weighted by atomic mass is 16.1. The van der Waals surface area contributed by atoms with Gasteiger partial charge in [-0.3, -0.25) is 4.79 Å². The van der Waals surface area contributed by atoms with Crippen molar-refractivity contribution in [3.8, 4) is 5.82 Å². The normalized spacial score (nSPS) is 10.3. The molecule has 0 aliphatic carbocycles. The fourth-order valence-corrected chi connectivity index (χ4v) is 1.69. The van der Waals surface area contributed by atoms with Gasteiger partial charge in [0.05, 0.1) is 24.3 Å². The lowest BCUT2D eigenvalue weighted by Crippen LogP contribution is -2.16. The van der Waals surface area contributed by atoms with E-state index in [9.17, 15) is 4.79 Å². The van der Waals surface area contributed by atoms with E-state index in [2.05, 4.69) is 30.7 Å². The summed E-state index contributed by atoms with van der Waals surface area (Å²) in [5.41, 5.74) is 5.72. The van der Waals surface area contributed by atoms with Crippen LogP contribution in [0.25, 0.3) is 5.82 Å². The lowest BCUT2D eigenvalue weighted by Gasteiger charge is -2.08. The maximum Gasteiger partial charge on any atom is 0.271 e. The second-order valence-corrected chi connectivity index (χ2v) is 3.98. The summed E-state index contributed by atoms with van der Waals surface area (Å²) >= 11 is 0. The van der Waals surface area contributed by atoms with Crippen LogP contribution in [0.2, 0.25) is 0 Å². The predicted molar refractivity (Wildman–Crippen MR) is 73.0 cm³/mol. The maximum atomic E-state index is 11.3. The summed E-state index contributed by atoms with van der Waals surface area (Å²) in [4.78, 5) is 17.0. The molecule has 0 atom stereocenters. The zero-order valence-electron chi connectivity index (χ0n) is 10.7. The molecule has 0 bridgehead atoms. The first-order valence-electron chi connectivity index (χ1n) is 5.96. The second kappa shape index (κ2) is 5.33. The molecule has 21 heavy (non-hydrogen) atoms. The van der Waals surface area contributed by atoms with Crippen LogP contribution in [0.5, 0.6) is 0 Å². The molecule has 104 valence electrons. The van der Waals surface area contributed by atoms with Gasteiger partial charge in [0.1, 0.15) is 5.82 Å². The van der Waals surface area contributed by atoms with E-state index in [4.69, 9.17) is 5.73 Å². The average molecular weight is 282 g/mol. The number of carbonyl (C=O) groups excluding carboxylic acids is 1. The van der Waals surface area contributed by atoms with Crippen molar-refractivity contribution >= 4 is 17.4 Å². The van der Waals surface area contributed by atoms with Crippen molar-refractivity contribution < 1.29 is 4.79 Å². The van der Waals surface area contributed by atoms with Crippen LogP contribution in [0, 0.1) is 0 Å². The van der Waals surface area contributed by atoms with E-state index in [0.29, 0.717) is 17.3 Å². The van der Waals surface area contributed by atoms with Crippen LogP contribution in [0.4, 0.5) is 11.5 Å². The van der Waals surface area contributed by atoms with Gasteiger partial charge in [-0.25, -0.2) is 4.98 Å². The van der Waals surface area contributed by atoms with Gasteiger partial charge in [0.2, 0.25) is 0 Å². The van der Waals surface area contributed by atoms with Gasteiger partial charge in [-0.05, 0) is 18.2 Å². The first-order chi connectivity index (χ1) is 10.2. The Hall–Kier alpha value is -3.36. The molecule has 3 N–H and O–H groups in total. The summed E-state index contributed by atoms with van der Waals surface area (Å²) in [5.74, 6) is 0.364. The lowest BCUT2D eigenvalue weighted by molar-refractivity contribution is 0.0995. The molecule has 0 radical (unpaired) electrons. The molecule has 3 heterocycles. The third-order valence-corrected chi connectivity index (χ3v) is 2.57. The standard InChI is InChI=1S/C12H10N8O/c13-12(21)11-8(4-5-14-19-11)17-9-2-1-3-10(18-9)20-15-6-7-16-20/h1-7H,(H2,13,21)(H,14,17,18). The largest absolute Gasteiger partial charge is 0.364 e. The van der Waals surface area contributed by atoms with Crippen LogP contribution in [0.3, 0.4) is 0 Å². The number of hydrogen-bond donors (Lipinski definition) is 2. The van der Waals surface area contributed by atoms with Crippen molar-refractivity contribution in [2.75, 3.05) is 5.32 Å². The van der Waals surface area contributed by atoms with E-state index < -0.39 is 5.91 Å². The molecule has 0 unspecified atom stereocenters. The first-order valence-corrected chi connectivity index (χ1v) is 5.96. The molecule has 0 aliphatic rings. The van der Waals surface area contributed by atoms with E-state index in [1.165, 1.54) is 11.0 Å². The van der Waals surface area contributed by atoms with Gasteiger partial charge in [0.25, 0.3) is 5.91 Å². The van der Waals surface area contributed by atoms with Crippen LogP contribution in [0.15, 0.2) is 42.9 Å². The van der Waals surface area contributed by atoms with Gasteiger partial charge in [-0.15, -0.1) is 9.90 Å². The zero-order chi connectivity index (χ0) is 14.7. The number of anilines is 2. The fraction of sp³-hybridized carbons (Fsp3) is 0. The first kappa shape index (κ1) is 12.7. The smallest absolute Gasteiger partial charge is 0.271 e. The molecule has 0 spiro atoms. The minimum absolute atomic E-state index is 0.0434. The van der Waals surface area contributed by atoms with E-state index >= 15 is 0 Å². The van der Waals surface area contributed by atoms with E-state index in [-0.39, 0.29) is 5.69 Å². The highest BCUT2D eigenvalue weighted by Crippen LogP contribution is 2.17. The Morgan fingerprint density at radius 3 is 2.71 bits per heavy atom. The number of aromatic nitrogens is 6. The molecule has 9 heteroatoms. The van der Waals surface area contributed by atoms with E-state index in [1.807, 2.05) is 0 Å². The lowest BCUT2D eigenvalue weighted by atomic mass is 10.3. The summed E-state index contributed by atoms with van der Waals surface area (Å²) in [6, 6.07) is 6.86. The molecule has 0 fully saturated rings. The molecule has 3 aromatic rings. The van der Waals surface area contributed by atoms with Crippen LogP contribution in [0.1, 0.15) is 10.5 Å². The molecule has 3 aromatic heterocycles. The van der Waals surface area contributed by atoms with Crippen LogP contribution in [-0.4, -0.2) is 36.1 Å². The Kier molecular flexibility index (Phi) is 3.21. The highest BCUT2D eigenvalue weighted by molar-refractivity contribution is 5.96.